The van der Waals surface area contributed by atoms with Crippen LogP contribution in [0.15, 0.2) is 12.1 Å². The molecule has 1 aromatic rings. The van der Waals surface area contributed by atoms with Crippen LogP contribution in [0.5, 0.6) is 11.5 Å². The minimum Gasteiger partial charge on any atom is -0.486 e. The van der Waals surface area contributed by atoms with Gasteiger partial charge in [-0.1, -0.05) is 18.5 Å². The molecule has 4 nitrogen and oxygen atoms in total. The van der Waals surface area contributed by atoms with E-state index >= 15 is 0 Å². The van der Waals surface area contributed by atoms with Crippen molar-refractivity contribution in [1.29, 1.82) is 5.26 Å². The largest absolute Gasteiger partial charge is 0.486 e. The van der Waals surface area contributed by atoms with Crippen LogP contribution in [-0.2, 0) is 0 Å². The van der Waals surface area contributed by atoms with Gasteiger partial charge < -0.3 is 14.6 Å². The Balaban J connectivity index is 2.41. The maximum absolute atomic E-state index is 10.4. The Morgan fingerprint density at radius 1 is 1.47 bits per heavy atom. The van der Waals surface area contributed by atoms with E-state index in [9.17, 15) is 10.4 Å². The third-order valence-corrected chi connectivity index (χ3v) is 3.81. The van der Waals surface area contributed by atoms with Crippen LogP contribution in [0.4, 0.5) is 0 Å². The van der Waals surface area contributed by atoms with Gasteiger partial charge >= 0.3 is 0 Å². The number of fused-ring (bicyclic) bond motifs is 1. The van der Waals surface area contributed by atoms with Crippen LogP contribution in [0.25, 0.3) is 0 Å². The summed E-state index contributed by atoms with van der Waals surface area (Å²) >= 11 is 6.13. The molecule has 0 bridgehead atoms. The molecule has 2 atom stereocenters. The normalized spacial score (nSPS) is 18.3. The fourth-order valence-corrected chi connectivity index (χ4v) is 2.26. The molecule has 19 heavy (non-hydrogen) atoms. The maximum Gasteiger partial charge on any atom is 0.179 e. The molecule has 102 valence electrons. The van der Waals surface area contributed by atoms with Crippen molar-refractivity contribution >= 4 is 11.6 Å². The molecule has 1 aliphatic rings. The monoisotopic (exact) mass is 281 g/mol. The number of nitriles is 1. The molecule has 0 saturated heterocycles. The smallest absolute Gasteiger partial charge is 0.179 e. The maximum atomic E-state index is 10.4. The van der Waals surface area contributed by atoms with Crippen molar-refractivity contribution in [2.24, 2.45) is 5.41 Å². The number of hydrogen-bond donors (Lipinski definition) is 1. The Kier molecular flexibility index (Phi) is 3.88. The fraction of sp³-hybridized carbons (Fsp3) is 0.500. The molecule has 0 aliphatic carbocycles. The number of aliphatic hydroxyl groups excluding tert-OH is 1. The predicted octanol–water partition coefficient (Wildman–Crippen LogP) is 3.08. The lowest BCUT2D eigenvalue weighted by Gasteiger charge is -2.28. The van der Waals surface area contributed by atoms with Gasteiger partial charge in [0.2, 0.25) is 0 Å². The van der Waals surface area contributed by atoms with Crippen LogP contribution in [-0.4, -0.2) is 18.3 Å². The van der Waals surface area contributed by atoms with Crippen LogP contribution in [0.3, 0.4) is 0 Å². The lowest BCUT2D eigenvalue weighted by molar-refractivity contribution is 0.0715. The number of halogens is 1. The predicted molar refractivity (Wildman–Crippen MR) is 71.4 cm³/mol. The number of rotatable bonds is 3. The summed E-state index contributed by atoms with van der Waals surface area (Å²) in [4.78, 5) is 0. The molecule has 2 rings (SSSR count). The summed E-state index contributed by atoms with van der Waals surface area (Å²) in [6.45, 7) is 4.50. The first-order chi connectivity index (χ1) is 9.01. The van der Waals surface area contributed by atoms with Gasteiger partial charge in [-0.05, 0) is 31.0 Å². The Labute approximate surface area is 117 Å². The number of nitrogens with zero attached hydrogens (tertiary/aromatic N) is 1. The van der Waals surface area contributed by atoms with Crippen molar-refractivity contribution in [3.8, 4) is 17.6 Å². The minimum atomic E-state index is -0.921. The quantitative estimate of drug-likeness (QED) is 0.925. The van der Waals surface area contributed by atoms with Crippen molar-refractivity contribution in [1.82, 2.24) is 0 Å². The van der Waals surface area contributed by atoms with Crippen molar-refractivity contribution < 1.29 is 14.6 Å². The van der Waals surface area contributed by atoms with Gasteiger partial charge in [0, 0.05) is 0 Å². The second kappa shape index (κ2) is 5.28. The van der Waals surface area contributed by atoms with E-state index in [-0.39, 0.29) is 0 Å². The molecule has 5 heteroatoms. The van der Waals surface area contributed by atoms with Crippen molar-refractivity contribution in [2.45, 2.75) is 26.4 Å². The molecular weight excluding hydrogens is 266 g/mol. The highest BCUT2D eigenvalue weighted by Crippen LogP contribution is 2.43. The molecule has 1 heterocycles. The van der Waals surface area contributed by atoms with E-state index in [1.165, 1.54) is 0 Å². The molecule has 1 N–H and O–H groups in total. The first kappa shape index (κ1) is 14.0. The van der Waals surface area contributed by atoms with Gasteiger partial charge in [-0.2, -0.15) is 5.26 Å². The van der Waals surface area contributed by atoms with Gasteiger partial charge in [-0.15, -0.1) is 0 Å². The summed E-state index contributed by atoms with van der Waals surface area (Å²) in [5.74, 6) is 1.02. The van der Waals surface area contributed by atoms with Crippen LogP contribution in [0.1, 0.15) is 31.9 Å². The van der Waals surface area contributed by atoms with Gasteiger partial charge in [0.15, 0.2) is 11.5 Å². The number of benzene rings is 1. The first-order valence-electron chi connectivity index (χ1n) is 6.20. The fourth-order valence-electron chi connectivity index (χ4n) is 1.99. The SMILES string of the molecule is CCC(C)(C#N)C(O)c1cc(Cl)c2c(c1)OCCO2. The summed E-state index contributed by atoms with van der Waals surface area (Å²) in [6, 6.07) is 5.48. The van der Waals surface area contributed by atoms with E-state index in [4.69, 9.17) is 21.1 Å². The zero-order valence-corrected chi connectivity index (χ0v) is 11.7. The molecule has 2 unspecified atom stereocenters. The van der Waals surface area contributed by atoms with E-state index in [1.54, 1.807) is 19.1 Å². The third kappa shape index (κ3) is 2.49. The summed E-state index contributed by atoms with van der Waals surface area (Å²) < 4.78 is 10.9. The lowest BCUT2D eigenvalue weighted by Crippen LogP contribution is -2.23. The van der Waals surface area contributed by atoms with E-state index in [2.05, 4.69) is 6.07 Å². The van der Waals surface area contributed by atoms with Crippen molar-refractivity contribution in [3.05, 3.63) is 22.7 Å². The molecule has 0 saturated carbocycles. The van der Waals surface area contributed by atoms with Gasteiger partial charge in [0.1, 0.15) is 13.2 Å². The van der Waals surface area contributed by atoms with Gasteiger partial charge in [-0.3, -0.25) is 0 Å². The van der Waals surface area contributed by atoms with Crippen LogP contribution < -0.4 is 9.47 Å². The highest BCUT2D eigenvalue weighted by molar-refractivity contribution is 6.32. The molecule has 0 amide bonds. The topological polar surface area (TPSA) is 62.5 Å². The van der Waals surface area contributed by atoms with E-state index in [1.807, 2.05) is 6.92 Å². The van der Waals surface area contributed by atoms with Crippen molar-refractivity contribution in [3.63, 3.8) is 0 Å². The standard InChI is InChI=1S/C14H16ClNO3/c1-3-14(2,8-16)13(17)9-6-10(15)12-11(7-9)18-4-5-19-12/h6-7,13,17H,3-5H2,1-2H3. The Morgan fingerprint density at radius 2 is 2.16 bits per heavy atom. The lowest BCUT2D eigenvalue weighted by atomic mass is 9.80. The molecule has 1 aliphatic heterocycles. The van der Waals surface area contributed by atoms with E-state index in [0.717, 1.165) is 0 Å². The number of hydrogen-bond acceptors (Lipinski definition) is 4. The van der Waals surface area contributed by atoms with Crippen molar-refractivity contribution in [2.75, 3.05) is 13.2 Å². The Morgan fingerprint density at radius 3 is 2.79 bits per heavy atom. The van der Waals surface area contributed by atoms with Gasteiger partial charge in [0.25, 0.3) is 0 Å². The van der Waals surface area contributed by atoms with Crippen LogP contribution in [0.2, 0.25) is 5.02 Å². The van der Waals surface area contributed by atoms with Gasteiger partial charge in [0.05, 0.1) is 22.6 Å². The zero-order chi connectivity index (χ0) is 14.0. The number of ether oxygens (including phenoxy) is 2. The molecule has 0 spiro atoms. The number of aliphatic hydroxyl groups is 1. The summed E-state index contributed by atoms with van der Waals surface area (Å²) in [5, 5.41) is 20.0. The van der Waals surface area contributed by atoms with Crippen LogP contribution >= 0.6 is 11.6 Å². The second-order valence-corrected chi connectivity index (χ2v) is 5.22. The summed E-state index contributed by atoms with van der Waals surface area (Å²) in [7, 11) is 0. The van der Waals surface area contributed by atoms with E-state index in [0.29, 0.717) is 41.7 Å². The first-order valence-corrected chi connectivity index (χ1v) is 6.58. The molecular formula is C14H16ClNO3. The molecule has 0 radical (unpaired) electrons. The highest BCUT2D eigenvalue weighted by atomic mass is 35.5. The van der Waals surface area contributed by atoms with E-state index < -0.39 is 11.5 Å². The summed E-state index contributed by atoms with van der Waals surface area (Å²) in [5.41, 5.74) is -0.284. The van der Waals surface area contributed by atoms with Gasteiger partial charge in [-0.25, -0.2) is 0 Å². The zero-order valence-electron chi connectivity index (χ0n) is 10.9. The summed E-state index contributed by atoms with van der Waals surface area (Å²) in [6.07, 6.45) is -0.382. The minimum absolute atomic E-state index is 0.391. The highest BCUT2D eigenvalue weighted by Gasteiger charge is 2.33. The second-order valence-electron chi connectivity index (χ2n) is 4.81. The average molecular weight is 282 g/mol. The Bertz CT molecular complexity index is 526. The molecule has 0 fully saturated rings. The van der Waals surface area contributed by atoms with Crippen LogP contribution in [0, 0.1) is 16.7 Å². The molecule has 1 aromatic carbocycles. The third-order valence-electron chi connectivity index (χ3n) is 3.53. The Hall–Kier alpha value is -1.44. The molecule has 0 aromatic heterocycles. The average Bonchev–Trinajstić information content (AvgIpc) is 2.45.